The molecule has 0 aliphatic carbocycles. The number of halogens is 2. The number of carbonyl (C=O) groups is 2. The van der Waals surface area contributed by atoms with E-state index in [2.05, 4.69) is 10.1 Å². The molecule has 0 aromatic heterocycles. The highest BCUT2D eigenvalue weighted by Crippen LogP contribution is 2.29. The molecule has 0 spiro atoms. The zero-order valence-electron chi connectivity index (χ0n) is 11.4. The van der Waals surface area contributed by atoms with E-state index in [9.17, 15) is 14.7 Å². The first-order chi connectivity index (χ1) is 10.4. The van der Waals surface area contributed by atoms with Crippen LogP contribution in [0.15, 0.2) is 36.4 Å². The summed E-state index contributed by atoms with van der Waals surface area (Å²) in [4.78, 5) is 23.8. The van der Waals surface area contributed by atoms with Gasteiger partial charge in [0.05, 0.1) is 18.4 Å². The molecule has 5 nitrogen and oxygen atoms in total. The van der Waals surface area contributed by atoms with Gasteiger partial charge in [-0.3, -0.25) is 4.79 Å². The third-order valence-electron chi connectivity index (χ3n) is 2.86. The number of nitrogens with one attached hydrogen (secondary N) is 1. The second-order valence-corrected chi connectivity index (χ2v) is 5.87. The lowest BCUT2D eigenvalue weighted by molar-refractivity contribution is 0.0597. The van der Waals surface area contributed by atoms with E-state index in [1.165, 1.54) is 31.4 Å². The van der Waals surface area contributed by atoms with E-state index in [0.29, 0.717) is 14.2 Å². The van der Waals surface area contributed by atoms with Crippen molar-refractivity contribution < 1.29 is 19.4 Å². The van der Waals surface area contributed by atoms with Crippen LogP contribution in [0.2, 0.25) is 5.02 Å². The van der Waals surface area contributed by atoms with Crippen molar-refractivity contribution in [2.24, 2.45) is 0 Å². The highest BCUT2D eigenvalue weighted by Gasteiger charge is 2.17. The summed E-state index contributed by atoms with van der Waals surface area (Å²) in [6, 6.07) is 9.33. The predicted molar refractivity (Wildman–Crippen MR) is 91.6 cm³/mol. The quantitative estimate of drug-likeness (QED) is 0.442. The van der Waals surface area contributed by atoms with Crippen LogP contribution >= 0.6 is 34.2 Å². The van der Waals surface area contributed by atoms with Gasteiger partial charge in [-0.25, -0.2) is 4.79 Å². The molecule has 0 bridgehead atoms. The maximum atomic E-state index is 12.3. The molecule has 114 valence electrons. The van der Waals surface area contributed by atoms with Crippen molar-refractivity contribution in [3.63, 3.8) is 0 Å². The van der Waals surface area contributed by atoms with Crippen molar-refractivity contribution in [2.45, 2.75) is 0 Å². The highest BCUT2D eigenvalue weighted by atomic mass is 127. The molecule has 0 heterocycles. The maximum Gasteiger partial charge on any atom is 0.341 e. The van der Waals surface area contributed by atoms with Gasteiger partial charge in [0.1, 0.15) is 5.56 Å². The molecule has 0 saturated heterocycles. The van der Waals surface area contributed by atoms with Gasteiger partial charge in [0.2, 0.25) is 0 Å². The Balaban J connectivity index is 2.33. The number of rotatable bonds is 3. The van der Waals surface area contributed by atoms with Gasteiger partial charge in [-0.05, 0) is 52.9 Å². The lowest BCUT2D eigenvalue weighted by Gasteiger charge is -2.11. The van der Waals surface area contributed by atoms with Crippen LogP contribution < -0.4 is 5.32 Å². The van der Waals surface area contributed by atoms with Crippen molar-refractivity contribution in [2.75, 3.05) is 12.4 Å². The SMILES string of the molecule is COC(=O)c1cccc(NC(=O)c2cc(Cl)ccc2I)c1O. The van der Waals surface area contributed by atoms with Crippen LogP contribution in [0.3, 0.4) is 0 Å². The number of aromatic hydroxyl groups is 1. The van der Waals surface area contributed by atoms with E-state index in [1.807, 2.05) is 22.6 Å². The first-order valence-corrected chi connectivity index (χ1v) is 7.56. The molecule has 0 saturated carbocycles. The molecule has 2 rings (SSSR count). The van der Waals surface area contributed by atoms with Gasteiger partial charge in [-0.2, -0.15) is 0 Å². The van der Waals surface area contributed by atoms with Crippen LogP contribution in [0.4, 0.5) is 5.69 Å². The molecule has 1 amide bonds. The van der Waals surface area contributed by atoms with E-state index in [4.69, 9.17) is 11.6 Å². The van der Waals surface area contributed by atoms with Crippen molar-refractivity contribution in [1.82, 2.24) is 0 Å². The summed E-state index contributed by atoms with van der Waals surface area (Å²) in [6.45, 7) is 0. The number of carbonyl (C=O) groups excluding carboxylic acids is 2. The van der Waals surface area contributed by atoms with Crippen LogP contribution in [0, 0.1) is 3.57 Å². The lowest BCUT2D eigenvalue weighted by atomic mass is 10.1. The van der Waals surface area contributed by atoms with Crippen molar-refractivity contribution in [1.29, 1.82) is 0 Å². The fourth-order valence-corrected chi connectivity index (χ4v) is 2.53. The Hall–Kier alpha value is -1.80. The molecule has 2 aromatic rings. The van der Waals surface area contributed by atoms with E-state index in [1.54, 1.807) is 12.1 Å². The van der Waals surface area contributed by atoms with Gasteiger partial charge in [0, 0.05) is 8.59 Å². The molecule has 2 aromatic carbocycles. The Labute approximate surface area is 145 Å². The standard InChI is InChI=1S/C15H11ClINO4/c1-22-15(21)9-3-2-4-12(13(9)19)18-14(20)10-7-8(16)5-6-11(10)17/h2-7,19H,1H3,(H,18,20). The zero-order chi connectivity index (χ0) is 16.3. The van der Waals surface area contributed by atoms with Crippen LogP contribution in [0.25, 0.3) is 0 Å². The van der Waals surface area contributed by atoms with Crippen LogP contribution in [-0.4, -0.2) is 24.1 Å². The predicted octanol–water partition coefficient (Wildman–Crippen LogP) is 3.69. The normalized spacial score (nSPS) is 10.1. The van der Waals surface area contributed by atoms with E-state index >= 15 is 0 Å². The number of phenols is 1. The Morgan fingerprint density at radius 2 is 1.95 bits per heavy atom. The summed E-state index contributed by atoms with van der Waals surface area (Å²) in [5.74, 6) is -1.48. The summed E-state index contributed by atoms with van der Waals surface area (Å²) >= 11 is 7.90. The molecular formula is C15H11ClINO4. The van der Waals surface area contributed by atoms with Crippen LogP contribution in [-0.2, 0) is 4.74 Å². The number of anilines is 1. The second-order valence-electron chi connectivity index (χ2n) is 4.27. The number of esters is 1. The number of ether oxygens (including phenoxy) is 1. The Bertz CT molecular complexity index is 748. The first-order valence-electron chi connectivity index (χ1n) is 6.10. The van der Waals surface area contributed by atoms with E-state index in [-0.39, 0.29) is 17.0 Å². The smallest absolute Gasteiger partial charge is 0.341 e. The average molecular weight is 432 g/mol. The molecule has 0 fully saturated rings. The van der Waals surface area contributed by atoms with Crippen molar-refractivity contribution in [3.05, 3.63) is 56.1 Å². The summed E-state index contributed by atoms with van der Waals surface area (Å²) in [6.07, 6.45) is 0. The minimum absolute atomic E-state index is 0.0268. The Kier molecular flexibility index (Phi) is 5.25. The fourth-order valence-electron chi connectivity index (χ4n) is 1.78. The van der Waals surface area contributed by atoms with Crippen molar-refractivity contribution >= 4 is 51.8 Å². The summed E-state index contributed by atoms with van der Waals surface area (Å²) in [5, 5.41) is 13.0. The lowest BCUT2D eigenvalue weighted by Crippen LogP contribution is -2.14. The van der Waals surface area contributed by atoms with Crippen molar-refractivity contribution in [3.8, 4) is 5.75 Å². The number of hydrogen-bond acceptors (Lipinski definition) is 4. The molecule has 0 aliphatic rings. The third-order valence-corrected chi connectivity index (χ3v) is 4.04. The van der Waals surface area contributed by atoms with Gasteiger partial charge in [-0.1, -0.05) is 17.7 Å². The number of hydrogen-bond donors (Lipinski definition) is 2. The fraction of sp³-hybridized carbons (Fsp3) is 0.0667. The number of phenolic OH excluding ortho intramolecular Hbond substituents is 1. The molecule has 2 N–H and O–H groups in total. The maximum absolute atomic E-state index is 12.3. The summed E-state index contributed by atoms with van der Waals surface area (Å²) in [5.41, 5.74) is 0.459. The van der Waals surface area contributed by atoms with E-state index < -0.39 is 11.9 Å². The zero-order valence-corrected chi connectivity index (χ0v) is 14.3. The topological polar surface area (TPSA) is 75.6 Å². The van der Waals surface area contributed by atoms with Gasteiger partial charge >= 0.3 is 5.97 Å². The van der Waals surface area contributed by atoms with Crippen LogP contribution in [0.5, 0.6) is 5.75 Å². The molecule has 7 heteroatoms. The van der Waals surface area contributed by atoms with Crippen LogP contribution in [0.1, 0.15) is 20.7 Å². The molecule has 0 aliphatic heterocycles. The van der Waals surface area contributed by atoms with Gasteiger partial charge < -0.3 is 15.2 Å². The number of amides is 1. The minimum Gasteiger partial charge on any atom is -0.505 e. The highest BCUT2D eigenvalue weighted by molar-refractivity contribution is 14.1. The largest absolute Gasteiger partial charge is 0.505 e. The second kappa shape index (κ2) is 6.97. The molecule has 0 atom stereocenters. The number of methoxy groups -OCH3 is 1. The van der Waals surface area contributed by atoms with E-state index in [0.717, 1.165) is 0 Å². The minimum atomic E-state index is -0.689. The number of benzene rings is 2. The van der Waals surface area contributed by atoms with Gasteiger partial charge in [0.15, 0.2) is 5.75 Å². The van der Waals surface area contributed by atoms with Gasteiger partial charge in [-0.15, -0.1) is 0 Å². The Morgan fingerprint density at radius 1 is 1.23 bits per heavy atom. The Morgan fingerprint density at radius 3 is 2.64 bits per heavy atom. The third kappa shape index (κ3) is 3.50. The monoisotopic (exact) mass is 431 g/mol. The number of para-hydroxylation sites is 1. The van der Waals surface area contributed by atoms with Gasteiger partial charge in [0.25, 0.3) is 5.91 Å². The first kappa shape index (κ1) is 16.6. The summed E-state index contributed by atoms with van der Waals surface area (Å²) < 4.78 is 5.28. The molecule has 0 radical (unpaired) electrons. The molecule has 22 heavy (non-hydrogen) atoms. The molecule has 0 unspecified atom stereocenters. The molecular weight excluding hydrogens is 421 g/mol. The summed E-state index contributed by atoms with van der Waals surface area (Å²) in [7, 11) is 1.21. The average Bonchev–Trinajstić information content (AvgIpc) is 2.51.